The average Bonchev–Trinajstić information content (AvgIpc) is 3.18. The minimum atomic E-state index is 1.33. The van der Waals surface area contributed by atoms with Gasteiger partial charge in [-0.3, -0.25) is 0 Å². The van der Waals surface area contributed by atoms with Crippen LogP contribution in [0.4, 0.5) is 0 Å². The SMILES string of the molecule is C1=C(\C2=C\CCCCCCC2)CCCCCCC/1.C1=C(\C2=C\CCCCCCCC2)CCCCCCCC/1. The van der Waals surface area contributed by atoms with E-state index in [4.69, 9.17) is 0 Å². The van der Waals surface area contributed by atoms with Gasteiger partial charge in [0.05, 0.1) is 0 Å². The van der Waals surface area contributed by atoms with E-state index in [1.165, 1.54) is 193 Å². The molecule has 0 heteroatoms. The smallest absolute Gasteiger partial charge is 0.0279 e. The van der Waals surface area contributed by atoms with Gasteiger partial charge in [-0.25, -0.2) is 0 Å². The van der Waals surface area contributed by atoms with Crippen molar-refractivity contribution in [1.82, 2.24) is 0 Å². The third-order valence-corrected chi connectivity index (χ3v) is 9.49. The highest BCUT2D eigenvalue weighted by atomic mass is 14.2. The van der Waals surface area contributed by atoms with Crippen LogP contribution >= 0.6 is 0 Å². The van der Waals surface area contributed by atoms with Crippen LogP contribution in [0.15, 0.2) is 46.6 Å². The summed E-state index contributed by atoms with van der Waals surface area (Å²) in [6.45, 7) is 0. The molecule has 0 amide bonds. The van der Waals surface area contributed by atoms with E-state index in [9.17, 15) is 0 Å². The maximum absolute atomic E-state index is 2.60. The van der Waals surface area contributed by atoms with Gasteiger partial charge in [-0.05, 0) is 125 Å². The second kappa shape index (κ2) is 21.7. The monoisotopic (exact) mass is 521 g/mol. The molecule has 0 N–H and O–H groups in total. The van der Waals surface area contributed by atoms with Crippen molar-refractivity contribution in [2.75, 3.05) is 0 Å². The molecule has 0 aromatic rings. The molecule has 4 rings (SSSR count). The van der Waals surface area contributed by atoms with Gasteiger partial charge in [0.15, 0.2) is 0 Å². The molecule has 0 bridgehead atoms. The molecule has 0 saturated heterocycles. The highest BCUT2D eigenvalue weighted by Gasteiger charge is 2.09. The molecule has 0 saturated carbocycles. The third-order valence-electron chi connectivity index (χ3n) is 9.49. The molecule has 0 aromatic heterocycles. The molecule has 0 unspecified atom stereocenters. The Morgan fingerprint density at radius 2 is 0.395 bits per heavy atom. The van der Waals surface area contributed by atoms with Gasteiger partial charge >= 0.3 is 0 Å². The molecule has 0 radical (unpaired) electrons. The van der Waals surface area contributed by atoms with Gasteiger partial charge in [-0.15, -0.1) is 0 Å². The maximum atomic E-state index is 2.60. The summed E-state index contributed by atoms with van der Waals surface area (Å²) in [7, 11) is 0. The zero-order valence-corrected chi connectivity index (χ0v) is 25.5. The fourth-order valence-corrected chi connectivity index (χ4v) is 6.99. The Kier molecular flexibility index (Phi) is 18.0. The summed E-state index contributed by atoms with van der Waals surface area (Å²) in [4.78, 5) is 0. The molecule has 0 aliphatic heterocycles. The lowest BCUT2D eigenvalue weighted by molar-refractivity contribution is 0.574. The molecule has 4 aliphatic carbocycles. The predicted octanol–water partition coefficient (Wildman–Crippen LogP) is 13.4. The molecule has 216 valence electrons. The van der Waals surface area contributed by atoms with Crippen molar-refractivity contribution >= 4 is 0 Å². The largest absolute Gasteiger partial charge is 0.0811 e. The van der Waals surface area contributed by atoms with E-state index in [0.717, 1.165) is 0 Å². The first-order valence-electron chi connectivity index (χ1n) is 17.7. The van der Waals surface area contributed by atoms with Crippen LogP contribution in [-0.4, -0.2) is 0 Å². The van der Waals surface area contributed by atoms with E-state index >= 15 is 0 Å². The molecule has 0 atom stereocenters. The molecule has 0 heterocycles. The fraction of sp³-hybridized carbons (Fsp3) is 0.789. The van der Waals surface area contributed by atoms with Gasteiger partial charge in [0, 0.05) is 0 Å². The van der Waals surface area contributed by atoms with E-state index < -0.39 is 0 Å². The van der Waals surface area contributed by atoms with Gasteiger partial charge in [-0.2, -0.15) is 0 Å². The third kappa shape index (κ3) is 14.4. The topological polar surface area (TPSA) is 0 Å². The Labute approximate surface area is 238 Å². The Bertz CT molecular complexity index is 652. The zero-order valence-electron chi connectivity index (χ0n) is 25.5. The summed E-state index contributed by atoms with van der Waals surface area (Å²) in [6, 6.07) is 0. The van der Waals surface area contributed by atoms with Crippen LogP contribution in [0.25, 0.3) is 0 Å². The lowest BCUT2D eigenvalue weighted by Gasteiger charge is -2.16. The van der Waals surface area contributed by atoms with Gasteiger partial charge in [0.2, 0.25) is 0 Å². The van der Waals surface area contributed by atoms with Crippen molar-refractivity contribution in [3.05, 3.63) is 46.6 Å². The van der Waals surface area contributed by atoms with Crippen LogP contribution < -0.4 is 0 Å². The summed E-state index contributed by atoms with van der Waals surface area (Å²) < 4.78 is 0. The Balaban J connectivity index is 0.000000212. The lowest BCUT2D eigenvalue weighted by Crippen LogP contribution is -1.96. The van der Waals surface area contributed by atoms with Crippen molar-refractivity contribution in [3.63, 3.8) is 0 Å². The summed E-state index contributed by atoms with van der Waals surface area (Å²) in [5.74, 6) is 0. The maximum Gasteiger partial charge on any atom is -0.0279 e. The molecular weight excluding hydrogens is 456 g/mol. The van der Waals surface area contributed by atoms with Crippen molar-refractivity contribution in [3.8, 4) is 0 Å². The van der Waals surface area contributed by atoms with E-state index in [1.54, 1.807) is 22.3 Å². The van der Waals surface area contributed by atoms with Gasteiger partial charge in [0.25, 0.3) is 0 Å². The van der Waals surface area contributed by atoms with Crippen molar-refractivity contribution < 1.29 is 0 Å². The highest BCUT2D eigenvalue weighted by Crippen LogP contribution is 2.29. The van der Waals surface area contributed by atoms with E-state index in [2.05, 4.69) is 24.3 Å². The Hall–Kier alpha value is -1.04. The molecule has 38 heavy (non-hydrogen) atoms. The van der Waals surface area contributed by atoms with Gasteiger partial charge < -0.3 is 0 Å². The fourth-order valence-electron chi connectivity index (χ4n) is 6.99. The van der Waals surface area contributed by atoms with Crippen LogP contribution in [0.3, 0.4) is 0 Å². The summed E-state index contributed by atoms with van der Waals surface area (Å²) >= 11 is 0. The van der Waals surface area contributed by atoms with E-state index in [1.807, 2.05) is 0 Å². The minimum Gasteiger partial charge on any atom is -0.0811 e. The van der Waals surface area contributed by atoms with Gasteiger partial charge in [0.1, 0.15) is 0 Å². The number of hydrogen-bond donors (Lipinski definition) is 0. The highest BCUT2D eigenvalue weighted by molar-refractivity contribution is 5.32. The normalized spacial score (nSPS) is 29.9. The van der Waals surface area contributed by atoms with Crippen LogP contribution in [0.5, 0.6) is 0 Å². The van der Waals surface area contributed by atoms with Crippen LogP contribution in [-0.2, 0) is 0 Å². The molecule has 0 spiro atoms. The molecule has 0 nitrogen and oxygen atoms in total. The summed E-state index contributed by atoms with van der Waals surface area (Å²) in [5.41, 5.74) is 6.90. The summed E-state index contributed by atoms with van der Waals surface area (Å²) in [5, 5.41) is 0. The van der Waals surface area contributed by atoms with E-state index in [0.29, 0.717) is 0 Å². The van der Waals surface area contributed by atoms with Crippen molar-refractivity contribution in [2.45, 2.75) is 193 Å². The van der Waals surface area contributed by atoms with Crippen LogP contribution in [0.2, 0.25) is 0 Å². The minimum absolute atomic E-state index is 1.33. The summed E-state index contributed by atoms with van der Waals surface area (Å²) in [6.07, 6.45) is 52.8. The first-order chi connectivity index (χ1) is 18.9. The quantitative estimate of drug-likeness (QED) is 0.339. The Morgan fingerprint density at radius 3 is 0.632 bits per heavy atom. The van der Waals surface area contributed by atoms with Crippen molar-refractivity contribution in [1.29, 1.82) is 0 Å². The van der Waals surface area contributed by atoms with Gasteiger partial charge in [-0.1, -0.05) is 114 Å². The van der Waals surface area contributed by atoms with Crippen LogP contribution in [0, 0.1) is 0 Å². The standard InChI is InChI=1S/C20H34.C18H30/c1-3-7-11-15-19(16-12-8-4-1)20-17-13-9-5-2-6-10-14-18-20;1-2-6-10-14-17(13-9-5-1)18-15-11-7-3-4-8-12-16-18/h15,17H,1-14,16,18H2;13,15H,1-12,14,16H2/b19-15-,20-17+;17-13-,18-15+. The molecule has 0 fully saturated rings. The molecule has 0 aromatic carbocycles. The van der Waals surface area contributed by atoms with Crippen LogP contribution in [0.1, 0.15) is 193 Å². The Morgan fingerprint density at radius 1 is 0.211 bits per heavy atom. The second-order valence-electron chi connectivity index (χ2n) is 12.9. The molecular formula is C38H64. The predicted molar refractivity (Wildman–Crippen MR) is 171 cm³/mol. The number of hydrogen-bond acceptors (Lipinski definition) is 0. The van der Waals surface area contributed by atoms with E-state index in [-0.39, 0.29) is 0 Å². The zero-order chi connectivity index (χ0) is 26.4. The number of allylic oxidation sites excluding steroid dienone is 8. The first-order valence-corrected chi connectivity index (χ1v) is 17.7. The number of rotatable bonds is 2. The van der Waals surface area contributed by atoms with Crippen molar-refractivity contribution in [2.24, 2.45) is 0 Å². The second-order valence-corrected chi connectivity index (χ2v) is 12.9. The molecule has 4 aliphatic rings. The first kappa shape index (κ1) is 31.5. The lowest BCUT2D eigenvalue weighted by atomic mass is 9.90. The average molecular weight is 521 g/mol.